The second kappa shape index (κ2) is 11.5. The van der Waals surface area contributed by atoms with Crippen LogP contribution in [0.3, 0.4) is 0 Å². The highest BCUT2D eigenvalue weighted by Crippen LogP contribution is 2.41. The van der Waals surface area contributed by atoms with Gasteiger partial charge in [-0.3, -0.25) is 4.79 Å². The van der Waals surface area contributed by atoms with Crippen molar-refractivity contribution in [3.05, 3.63) is 53.0 Å². The van der Waals surface area contributed by atoms with Crippen molar-refractivity contribution in [3.63, 3.8) is 0 Å². The standard InChI is InChI=1S/C27H30F4N8O4/c1-42-13-19(38-12-20(27(29,30)31)34-26(38)41)17-8-21-33-18(11-39(21)32-10-17)22(15-4-2-14(9-28)3-5-15)35-25(40)24-23(16-6-7-16)36-43-37-24/h8-11,15-16,19-20,22H,2-7,12-13H2,1H3,(H,34,41)(H,35,40)/t15?,19-,20+,22+/m1/s1. The number of carbonyl (C=O) groups is 2. The molecule has 3 aromatic rings. The minimum Gasteiger partial charge on any atom is -0.382 e. The Bertz CT molecular complexity index is 1520. The van der Waals surface area contributed by atoms with Gasteiger partial charge < -0.3 is 20.3 Å². The van der Waals surface area contributed by atoms with Crippen LogP contribution in [0, 0.1) is 5.92 Å². The predicted molar refractivity (Wildman–Crippen MR) is 140 cm³/mol. The molecule has 2 aliphatic carbocycles. The Morgan fingerprint density at radius 2 is 2.02 bits per heavy atom. The van der Waals surface area contributed by atoms with Gasteiger partial charge >= 0.3 is 12.2 Å². The third kappa shape index (κ3) is 5.92. The largest absolute Gasteiger partial charge is 0.410 e. The van der Waals surface area contributed by atoms with Crippen molar-refractivity contribution in [1.82, 2.24) is 40.4 Å². The van der Waals surface area contributed by atoms with Crippen LogP contribution in [0.1, 0.15) is 84.0 Å². The average Bonchev–Trinajstić information content (AvgIpc) is 3.37. The van der Waals surface area contributed by atoms with Gasteiger partial charge in [0.2, 0.25) is 0 Å². The third-order valence-corrected chi connectivity index (χ3v) is 8.37. The van der Waals surface area contributed by atoms with E-state index in [-0.39, 0.29) is 24.1 Å². The van der Waals surface area contributed by atoms with Crippen molar-refractivity contribution in [2.45, 2.75) is 68.7 Å². The number of nitrogens with zero attached hydrogens (tertiary/aromatic N) is 6. The first-order valence-corrected chi connectivity index (χ1v) is 14.1. The molecule has 0 unspecified atom stereocenters. The number of imidazole rings is 1. The van der Waals surface area contributed by atoms with Gasteiger partial charge in [-0.25, -0.2) is 23.3 Å². The highest BCUT2D eigenvalue weighted by molar-refractivity contribution is 5.93. The highest BCUT2D eigenvalue weighted by atomic mass is 19.4. The van der Waals surface area contributed by atoms with E-state index < -0.39 is 42.8 Å². The second-order valence-electron chi connectivity index (χ2n) is 11.3. The minimum absolute atomic E-state index is 0.0658. The molecule has 1 saturated heterocycles. The SMILES string of the molecule is COC[C@H](c1cnn2cc([C@@H](NC(=O)c3nonc3C3CC3)C3CCC(=CF)CC3)nc2c1)N1C[C@@H](C(F)(F)F)NC1=O. The molecule has 2 saturated carbocycles. The topological polar surface area (TPSA) is 140 Å². The molecule has 3 aromatic heterocycles. The molecule has 3 amide bonds. The number of methoxy groups -OCH3 is 1. The lowest BCUT2D eigenvalue weighted by Gasteiger charge is -2.30. The molecule has 2 N–H and O–H groups in total. The summed E-state index contributed by atoms with van der Waals surface area (Å²) >= 11 is 0. The van der Waals surface area contributed by atoms with E-state index in [0.29, 0.717) is 60.2 Å². The van der Waals surface area contributed by atoms with Crippen LogP contribution in [0.2, 0.25) is 0 Å². The maximum Gasteiger partial charge on any atom is 0.410 e. The molecular weight excluding hydrogens is 576 g/mol. The first-order chi connectivity index (χ1) is 20.7. The van der Waals surface area contributed by atoms with E-state index in [4.69, 9.17) is 14.3 Å². The first kappa shape index (κ1) is 29.0. The summed E-state index contributed by atoms with van der Waals surface area (Å²) < 4.78 is 64.8. The maximum atomic E-state index is 13.4. The van der Waals surface area contributed by atoms with E-state index in [1.807, 2.05) is 5.32 Å². The van der Waals surface area contributed by atoms with Crippen molar-refractivity contribution >= 4 is 17.6 Å². The Hall–Kier alpha value is -4.08. The van der Waals surface area contributed by atoms with E-state index in [2.05, 4.69) is 20.7 Å². The molecule has 1 aliphatic heterocycles. The number of nitrogens with one attached hydrogen (secondary N) is 2. The molecular formula is C27H30F4N8O4. The van der Waals surface area contributed by atoms with Gasteiger partial charge in [-0.1, -0.05) is 5.16 Å². The fraction of sp³-hybridized carbons (Fsp3) is 0.556. The number of hydrogen-bond acceptors (Lipinski definition) is 8. The molecule has 3 aliphatic rings. The molecule has 0 spiro atoms. The van der Waals surface area contributed by atoms with Crippen LogP contribution >= 0.6 is 0 Å². The molecule has 3 fully saturated rings. The van der Waals surface area contributed by atoms with Gasteiger partial charge in [0.1, 0.15) is 11.7 Å². The zero-order chi connectivity index (χ0) is 30.3. The predicted octanol–water partition coefficient (Wildman–Crippen LogP) is 4.15. The number of alkyl halides is 3. The number of urea groups is 1. The lowest BCUT2D eigenvalue weighted by Crippen LogP contribution is -2.40. The fourth-order valence-electron chi connectivity index (χ4n) is 5.85. The number of amides is 3. The van der Waals surface area contributed by atoms with E-state index in [0.717, 1.165) is 17.7 Å². The summed E-state index contributed by atoms with van der Waals surface area (Å²) in [7, 11) is 1.39. The smallest absolute Gasteiger partial charge is 0.382 e. The van der Waals surface area contributed by atoms with Gasteiger partial charge in [0.05, 0.1) is 49.7 Å². The minimum atomic E-state index is -4.59. The number of aromatic nitrogens is 5. The third-order valence-electron chi connectivity index (χ3n) is 8.37. The van der Waals surface area contributed by atoms with Crippen LogP contribution < -0.4 is 10.6 Å². The van der Waals surface area contributed by atoms with E-state index in [1.165, 1.54) is 17.8 Å². The number of ether oxygens (including phenoxy) is 1. The molecule has 0 radical (unpaired) electrons. The summed E-state index contributed by atoms with van der Waals surface area (Å²) in [5, 5.41) is 17.2. The Morgan fingerprint density at radius 1 is 1.26 bits per heavy atom. The van der Waals surface area contributed by atoms with Crippen molar-refractivity contribution in [1.29, 1.82) is 0 Å². The van der Waals surface area contributed by atoms with Crippen LogP contribution in [0.4, 0.5) is 22.4 Å². The molecule has 3 atom stereocenters. The quantitative estimate of drug-likeness (QED) is 0.347. The number of carbonyl (C=O) groups excluding carboxylic acids is 2. The molecule has 4 heterocycles. The number of rotatable bonds is 9. The van der Waals surface area contributed by atoms with Gasteiger partial charge in [-0.2, -0.15) is 18.3 Å². The van der Waals surface area contributed by atoms with Gasteiger partial charge in [-0.05, 0) is 61.2 Å². The monoisotopic (exact) mass is 606 g/mol. The van der Waals surface area contributed by atoms with Crippen molar-refractivity contribution in [3.8, 4) is 0 Å². The van der Waals surface area contributed by atoms with Crippen molar-refractivity contribution in [2.24, 2.45) is 5.92 Å². The molecule has 6 rings (SSSR count). The van der Waals surface area contributed by atoms with Crippen LogP contribution in [-0.2, 0) is 4.74 Å². The number of hydrogen-bond donors (Lipinski definition) is 2. The lowest BCUT2D eigenvalue weighted by molar-refractivity contribution is -0.150. The normalized spacial score (nSPS) is 22.5. The molecule has 12 nitrogen and oxygen atoms in total. The summed E-state index contributed by atoms with van der Waals surface area (Å²) in [6.07, 6.45) is 3.27. The lowest BCUT2D eigenvalue weighted by atomic mass is 9.80. The molecule has 0 aromatic carbocycles. The van der Waals surface area contributed by atoms with Gasteiger partial charge in [0.15, 0.2) is 11.3 Å². The van der Waals surface area contributed by atoms with Crippen molar-refractivity contribution < 1.29 is 36.5 Å². The maximum absolute atomic E-state index is 13.4. The zero-order valence-corrected chi connectivity index (χ0v) is 23.2. The van der Waals surface area contributed by atoms with Crippen molar-refractivity contribution in [2.75, 3.05) is 20.3 Å². The highest BCUT2D eigenvalue weighted by Gasteiger charge is 2.48. The van der Waals surface area contributed by atoms with E-state index in [1.54, 1.807) is 12.3 Å². The summed E-state index contributed by atoms with van der Waals surface area (Å²) in [5.41, 5.74) is 2.65. The molecule has 43 heavy (non-hydrogen) atoms. The summed E-state index contributed by atoms with van der Waals surface area (Å²) in [6.45, 7) is -0.643. The molecule has 230 valence electrons. The summed E-state index contributed by atoms with van der Waals surface area (Å²) in [5.74, 6) is -0.389. The summed E-state index contributed by atoms with van der Waals surface area (Å²) in [6, 6.07) is -2.65. The van der Waals surface area contributed by atoms with Gasteiger partial charge in [0, 0.05) is 18.6 Å². The van der Waals surface area contributed by atoms with E-state index in [9.17, 15) is 27.2 Å². The number of fused-ring (bicyclic) bond motifs is 1. The molecule has 16 heteroatoms. The van der Waals surface area contributed by atoms with Gasteiger partial charge in [0.25, 0.3) is 5.91 Å². The first-order valence-electron chi connectivity index (χ1n) is 14.1. The second-order valence-corrected chi connectivity index (χ2v) is 11.3. The number of allylic oxidation sites excluding steroid dienone is 1. The van der Waals surface area contributed by atoms with Crippen LogP contribution in [0.5, 0.6) is 0 Å². The zero-order valence-electron chi connectivity index (χ0n) is 23.2. The number of halogens is 4. The Labute approximate surface area is 242 Å². The fourth-order valence-corrected chi connectivity index (χ4v) is 5.85. The van der Waals surface area contributed by atoms with Crippen LogP contribution in [0.15, 0.2) is 35.0 Å². The summed E-state index contributed by atoms with van der Waals surface area (Å²) in [4.78, 5) is 31.7. The Kier molecular flexibility index (Phi) is 7.79. The van der Waals surface area contributed by atoms with Crippen LogP contribution in [-0.4, -0.2) is 74.2 Å². The Morgan fingerprint density at radius 3 is 2.67 bits per heavy atom. The average molecular weight is 607 g/mol. The Balaban J connectivity index is 1.29. The molecule has 0 bridgehead atoms. The van der Waals surface area contributed by atoms with Gasteiger partial charge in [-0.15, -0.1) is 0 Å². The van der Waals surface area contributed by atoms with Crippen LogP contribution in [0.25, 0.3) is 5.65 Å². The van der Waals surface area contributed by atoms with E-state index >= 15 is 0 Å².